The normalized spacial score (nSPS) is 15.3. The van der Waals surface area contributed by atoms with E-state index in [0.29, 0.717) is 29.9 Å². The van der Waals surface area contributed by atoms with Crippen LogP contribution in [0.4, 0.5) is 19.2 Å². The van der Waals surface area contributed by atoms with Gasteiger partial charge >= 0.3 is 12.2 Å². The third kappa shape index (κ3) is 2.92. The molecule has 1 heterocycles. The predicted octanol–water partition coefficient (Wildman–Crippen LogP) is 3.58. The van der Waals surface area contributed by atoms with Gasteiger partial charge in [-0.1, -0.05) is 17.2 Å². The van der Waals surface area contributed by atoms with Crippen LogP contribution in [0.25, 0.3) is 0 Å². The Balaban J connectivity index is 1.59. The van der Waals surface area contributed by atoms with Gasteiger partial charge in [0.25, 0.3) is 0 Å². The van der Waals surface area contributed by atoms with Crippen LogP contribution in [0.3, 0.4) is 0 Å². The molecule has 0 radical (unpaired) electrons. The SMILES string of the molecule is FC(F)(F)c1ccc(CNc2nnc(C3CC3)o2)cc1. The van der Waals surface area contributed by atoms with E-state index in [1.807, 2.05) is 0 Å². The molecule has 106 valence electrons. The highest BCUT2D eigenvalue weighted by atomic mass is 19.4. The summed E-state index contributed by atoms with van der Waals surface area (Å²) in [5, 5.41) is 10.7. The zero-order valence-corrected chi connectivity index (χ0v) is 10.4. The van der Waals surface area contributed by atoms with Crippen molar-refractivity contribution in [1.82, 2.24) is 10.2 Å². The Bertz CT molecular complexity index is 588. The minimum absolute atomic E-state index is 0.298. The monoisotopic (exact) mass is 283 g/mol. The first kappa shape index (κ1) is 13.0. The van der Waals surface area contributed by atoms with Crippen molar-refractivity contribution in [3.63, 3.8) is 0 Å². The molecule has 0 bridgehead atoms. The van der Waals surface area contributed by atoms with Gasteiger partial charge in [-0.2, -0.15) is 13.2 Å². The van der Waals surface area contributed by atoms with Crippen molar-refractivity contribution in [2.75, 3.05) is 5.32 Å². The number of hydrogen-bond donors (Lipinski definition) is 1. The fourth-order valence-electron chi connectivity index (χ4n) is 1.79. The Kier molecular flexibility index (Phi) is 3.11. The predicted molar refractivity (Wildman–Crippen MR) is 65.0 cm³/mol. The number of benzene rings is 1. The number of anilines is 1. The maximum Gasteiger partial charge on any atom is 0.416 e. The van der Waals surface area contributed by atoms with Crippen molar-refractivity contribution < 1.29 is 17.6 Å². The molecule has 20 heavy (non-hydrogen) atoms. The second kappa shape index (κ2) is 4.81. The maximum atomic E-state index is 12.4. The van der Waals surface area contributed by atoms with Crippen molar-refractivity contribution in [3.8, 4) is 0 Å². The van der Waals surface area contributed by atoms with Crippen LogP contribution in [0.5, 0.6) is 0 Å². The third-order valence-electron chi connectivity index (χ3n) is 3.09. The summed E-state index contributed by atoms with van der Waals surface area (Å²) in [5.41, 5.74) is 0.0548. The molecule has 3 rings (SSSR count). The van der Waals surface area contributed by atoms with Crippen molar-refractivity contribution in [3.05, 3.63) is 41.3 Å². The summed E-state index contributed by atoms with van der Waals surface area (Å²) in [6, 6.07) is 5.26. The highest BCUT2D eigenvalue weighted by Gasteiger charge is 2.30. The van der Waals surface area contributed by atoms with E-state index in [0.717, 1.165) is 25.0 Å². The van der Waals surface area contributed by atoms with Gasteiger partial charge in [-0.15, -0.1) is 5.10 Å². The van der Waals surface area contributed by atoms with Gasteiger partial charge in [-0.25, -0.2) is 0 Å². The van der Waals surface area contributed by atoms with E-state index >= 15 is 0 Å². The largest absolute Gasteiger partial charge is 0.416 e. The molecule has 0 atom stereocenters. The van der Waals surface area contributed by atoms with Crippen LogP contribution in [0.15, 0.2) is 28.7 Å². The molecular weight excluding hydrogens is 271 g/mol. The van der Waals surface area contributed by atoms with Gasteiger partial charge in [0.2, 0.25) is 5.89 Å². The number of hydrogen-bond acceptors (Lipinski definition) is 4. The van der Waals surface area contributed by atoms with E-state index in [4.69, 9.17) is 4.42 Å². The van der Waals surface area contributed by atoms with Crippen molar-refractivity contribution in [2.45, 2.75) is 31.5 Å². The molecule has 2 aromatic rings. The molecule has 1 aromatic heterocycles. The number of aromatic nitrogens is 2. The molecule has 1 fully saturated rings. The van der Waals surface area contributed by atoms with Crippen molar-refractivity contribution in [1.29, 1.82) is 0 Å². The molecule has 0 saturated heterocycles. The van der Waals surface area contributed by atoms with Crippen LogP contribution in [0.2, 0.25) is 0 Å². The van der Waals surface area contributed by atoms with E-state index in [2.05, 4.69) is 15.5 Å². The van der Waals surface area contributed by atoms with Gasteiger partial charge in [-0.05, 0) is 30.5 Å². The van der Waals surface area contributed by atoms with E-state index in [1.165, 1.54) is 12.1 Å². The summed E-state index contributed by atoms with van der Waals surface area (Å²) in [7, 11) is 0. The summed E-state index contributed by atoms with van der Waals surface area (Å²) in [4.78, 5) is 0. The third-order valence-corrected chi connectivity index (χ3v) is 3.09. The molecule has 4 nitrogen and oxygen atoms in total. The smallest absolute Gasteiger partial charge is 0.408 e. The second-order valence-electron chi connectivity index (χ2n) is 4.77. The highest BCUT2D eigenvalue weighted by Crippen LogP contribution is 2.39. The van der Waals surface area contributed by atoms with Crippen molar-refractivity contribution in [2.24, 2.45) is 0 Å². The van der Waals surface area contributed by atoms with Gasteiger partial charge < -0.3 is 9.73 Å². The first-order chi connectivity index (χ1) is 9.52. The molecule has 1 aliphatic carbocycles. The van der Waals surface area contributed by atoms with Gasteiger partial charge in [0.05, 0.1) is 5.56 Å². The fraction of sp³-hybridized carbons (Fsp3) is 0.385. The lowest BCUT2D eigenvalue weighted by Gasteiger charge is -2.07. The van der Waals surface area contributed by atoms with Crippen LogP contribution in [0, 0.1) is 0 Å². The lowest BCUT2D eigenvalue weighted by Crippen LogP contribution is -2.05. The summed E-state index contributed by atoms with van der Waals surface area (Å²) in [6.07, 6.45) is -2.17. The summed E-state index contributed by atoms with van der Waals surface area (Å²) >= 11 is 0. The first-order valence-electron chi connectivity index (χ1n) is 6.26. The molecule has 1 saturated carbocycles. The van der Waals surface area contributed by atoms with Gasteiger partial charge in [0.15, 0.2) is 0 Å². The van der Waals surface area contributed by atoms with E-state index in [1.54, 1.807) is 0 Å². The standard InChI is InChI=1S/C13H12F3N3O/c14-13(15,16)10-5-1-8(2-6-10)7-17-12-19-18-11(20-12)9-3-4-9/h1-2,5-6,9H,3-4,7H2,(H,17,19). The Labute approximate surface area is 113 Å². The number of alkyl halides is 3. The summed E-state index contributed by atoms with van der Waals surface area (Å²) < 4.78 is 42.6. The average Bonchev–Trinajstić information content (AvgIpc) is 3.15. The van der Waals surface area contributed by atoms with Crippen LogP contribution in [0.1, 0.15) is 35.8 Å². The summed E-state index contributed by atoms with van der Waals surface area (Å²) in [5.74, 6) is 1.00. The van der Waals surface area contributed by atoms with Crippen LogP contribution in [-0.4, -0.2) is 10.2 Å². The molecule has 1 aliphatic rings. The zero-order chi connectivity index (χ0) is 14.2. The molecule has 0 aliphatic heterocycles. The second-order valence-corrected chi connectivity index (χ2v) is 4.77. The minimum Gasteiger partial charge on any atom is -0.408 e. The zero-order valence-electron chi connectivity index (χ0n) is 10.4. The van der Waals surface area contributed by atoms with Gasteiger partial charge in [0, 0.05) is 12.5 Å². The number of nitrogens with one attached hydrogen (secondary N) is 1. The van der Waals surface area contributed by atoms with E-state index in [-0.39, 0.29) is 0 Å². The Morgan fingerprint density at radius 1 is 1.15 bits per heavy atom. The number of rotatable bonds is 4. The van der Waals surface area contributed by atoms with Crippen LogP contribution >= 0.6 is 0 Å². The van der Waals surface area contributed by atoms with Gasteiger partial charge in [-0.3, -0.25) is 0 Å². The minimum atomic E-state index is -4.31. The lowest BCUT2D eigenvalue weighted by molar-refractivity contribution is -0.137. The molecule has 0 spiro atoms. The van der Waals surface area contributed by atoms with Crippen LogP contribution < -0.4 is 5.32 Å². The van der Waals surface area contributed by atoms with Gasteiger partial charge in [0.1, 0.15) is 0 Å². The first-order valence-corrected chi connectivity index (χ1v) is 6.26. The topological polar surface area (TPSA) is 51.0 Å². The van der Waals surface area contributed by atoms with Crippen molar-refractivity contribution >= 4 is 6.01 Å². The highest BCUT2D eigenvalue weighted by molar-refractivity contribution is 5.28. The molecular formula is C13H12F3N3O. The lowest BCUT2D eigenvalue weighted by atomic mass is 10.1. The maximum absolute atomic E-state index is 12.4. The number of halogens is 3. The Morgan fingerprint density at radius 2 is 1.85 bits per heavy atom. The Morgan fingerprint density at radius 3 is 2.45 bits per heavy atom. The van der Waals surface area contributed by atoms with E-state index in [9.17, 15) is 13.2 Å². The quantitative estimate of drug-likeness (QED) is 0.931. The van der Waals surface area contributed by atoms with Crippen LogP contribution in [-0.2, 0) is 12.7 Å². The van der Waals surface area contributed by atoms with E-state index < -0.39 is 11.7 Å². The molecule has 7 heteroatoms. The number of nitrogens with zero attached hydrogens (tertiary/aromatic N) is 2. The molecule has 0 unspecified atom stereocenters. The molecule has 1 aromatic carbocycles. The summed E-state index contributed by atoms with van der Waals surface area (Å²) in [6.45, 7) is 0.338. The molecule has 0 amide bonds. The average molecular weight is 283 g/mol. The molecule has 1 N–H and O–H groups in total. The fourth-order valence-corrected chi connectivity index (χ4v) is 1.79. The Hall–Kier alpha value is -2.05.